The Kier molecular flexibility index (Phi) is 2.59. The van der Waals surface area contributed by atoms with Crippen LogP contribution in [0.5, 0.6) is 0 Å². The van der Waals surface area contributed by atoms with E-state index in [9.17, 15) is 0 Å². The van der Waals surface area contributed by atoms with Gasteiger partial charge in [-0.15, -0.1) is 0 Å². The van der Waals surface area contributed by atoms with Gasteiger partial charge in [-0.05, 0) is 30.4 Å². The van der Waals surface area contributed by atoms with Gasteiger partial charge in [-0.25, -0.2) is 0 Å². The predicted molar refractivity (Wildman–Crippen MR) is 64.8 cm³/mol. The fourth-order valence-corrected chi connectivity index (χ4v) is 2.79. The molecule has 1 nitrogen and oxygen atoms in total. The van der Waals surface area contributed by atoms with Gasteiger partial charge in [0.1, 0.15) is 0 Å². The minimum atomic E-state index is 0.175. The number of benzene rings is 1. The molecule has 1 heterocycles. The molecule has 0 saturated carbocycles. The monoisotopic (exact) mass is 203 g/mol. The molecule has 0 aromatic heterocycles. The van der Waals surface area contributed by atoms with Gasteiger partial charge in [0.2, 0.25) is 0 Å². The number of rotatable bonds is 1. The molecule has 1 heteroatoms. The summed E-state index contributed by atoms with van der Waals surface area (Å²) in [6.45, 7) is 8.14. The molecule has 1 N–H and O–H groups in total. The van der Waals surface area contributed by atoms with Crippen LogP contribution in [-0.4, -0.2) is 6.54 Å². The van der Waals surface area contributed by atoms with Gasteiger partial charge in [-0.1, -0.05) is 51.1 Å². The third-order valence-corrected chi connectivity index (χ3v) is 3.70. The standard InChI is InChI=1S/C14H21N/c1-13(2,3)14(10-7-11-15-14)12-8-5-4-6-9-12/h4-6,8-9,15H,7,10-11H2,1-3H3. The first-order valence-electron chi connectivity index (χ1n) is 5.87. The largest absolute Gasteiger partial charge is 0.307 e. The minimum absolute atomic E-state index is 0.175. The van der Waals surface area contributed by atoms with Crippen molar-refractivity contribution >= 4 is 0 Å². The van der Waals surface area contributed by atoms with Gasteiger partial charge in [-0.3, -0.25) is 0 Å². The van der Waals surface area contributed by atoms with Gasteiger partial charge in [0.15, 0.2) is 0 Å². The molecule has 1 aromatic carbocycles. The summed E-state index contributed by atoms with van der Waals surface area (Å²) in [6, 6.07) is 10.9. The van der Waals surface area contributed by atoms with Crippen LogP contribution in [0.25, 0.3) is 0 Å². The number of hydrogen-bond donors (Lipinski definition) is 1. The molecule has 0 aliphatic carbocycles. The van der Waals surface area contributed by atoms with Crippen molar-refractivity contribution in [3.63, 3.8) is 0 Å². The van der Waals surface area contributed by atoms with E-state index in [4.69, 9.17) is 0 Å². The summed E-state index contributed by atoms with van der Waals surface area (Å²) in [5.74, 6) is 0. The van der Waals surface area contributed by atoms with Crippen molar-refractivity contribution in [3.05, 3.63) is 35.9 Å². The highest BCUT2D eigenvalue weighted by atomic mass is 15.0. The highest BCUT2D eigenvalue weighted by Gasteiger charge is 2.44. The molecule has 0 spiro atoms. The summed E-state index contributed by atoms with van der Waals surface area (Å²) in [4.78, 5) is 0. The van der Waals surface area contributed by atoms with E-state index in [1.54, 1.807) is 0 Å². The van der Waals surface area contributed by atoms with Gasteiger partial charge in [0.05, 0.1) is 0 Å². The molecule has 0 bridgehead atoms. The van der Waals surface area contributed by atoms with Crippen molar-refractivity contribution < 1.29 is 0 Å². The Bertz CT molecular complexity index is 315. The highest BCUT2D eigenvalue weighted by Crippen LogP contribution is 2.45. The van der Waals surface area contributed by atoms with Crippen LogP contribution in [0.1, 0.15) is 39.2 Å². The number of hydrogen-bond acceptors (Lipinski definition) is 1. The Labute approximate surface area is 92.9 Å². The zero-order valence-corrected chi connectivity index (χ0v) is 10.0. The highest BCUT2D eigenvalue weighted by molar-refractivity contribution is 5.28. The van der Waals surface area contributed by atoms with Crippen LogP contribution >= 0.6 is 0 Å². The average Bonchev–Trinajstić information content (AvgIpc) is 2.68. The minimum Gasteiger partial charge on any atom is -0.307 e. The van der Waals surface area contributed by atoms with Crippen LogP contribution in [0.3, 0.4) is 0 Å². The molecule has 1 aliphatic rings. The molecule has 1 atom stereocenters. The summed E-state index contributed by atoms with van der Waals surface area (Å²) in [5.41, 5.74) is 1.88. The van der Waals surface area contributed by atoms with E-state index in [0.29, 0.717) is 0 Å². The summed E-state index contributed by atoms with van der Waals surface area (Å²) in [6.07, 6.45) is 2.53. The smallest absolute Gasteiger partial charge is 0.0484 e. The first-order valence-corrected chi connectivity index (χ1v) is 5.87. The van der Waals surface area contributed by atoms with E-state index in [0.717, 1.165) is 6.54 Å². The molecule has 82 valence electrons. The van der Waals surface area contributed by atoms with Gasteiger partial charge < -0.3 is 5.32 Å². The second-order valence-electron chi connectivity index (χ2n) is 5.55. The second-order valence-corrected chi connectivity index (χ2v) is 5.55. The molecular formula is C14H21N. The maximum Gasteiger partial charge on any atom is 0.0484 e. The first-order chi connectivity index (χ1) is 7.06. The van der Waals surface area contributed by atoms with E-state index in [2.05, 4.69) is 56.4 Å². The molecule has 0 amide bonds. The van der Waals surface area contributed by atoms with Gasteiger partial charge >= 0.3 is 0 Å². The fourth-order valence-electron chi connectivity index (χ4n) is 2.79. The zero-order chi connectivity index (χ0) is 10.9. The Morgan fingerprint density at radius 3 is 2.27 bits per heavy atom. The van der Waals surface area contributed by atoms with Crippen LogP contribution < -0.4 is 5.32 Å². The molecule has 1 aromatic rings. The van der Waals surface area contributed by atoms with Crippen LogP contribution in [0.15, 0.2) is 30.3 Å². The summed E-state index contributed by atoms with van der Waals surface area (Å²) in [7, 11) is 0. The van der Waals surface area contributed by atoms with Gasteiger partial charge in [0.25, 0.3) is 0 Å². The maximum atomic E-state index is 3.73. The lowest BCUT2D eigenvalue weighted by Gasteiger charge is -2.43. The molecule has 1 aliphatic heterocycles. The van der Waals surface area contributed by atoms with Crippen molar-refractivity contribution in [1.82, 2.24) is 5.32 Å². The Morgan fingerprint density at radius 1 is 1.13 bits per heavy atom. The molecule has 1 fully saturated rings. The Balaban J connectivity index is 2.44. The van der Waals surface area contributed by atoms with Crippen LogP contribution in [0, 0.1) is 5.41 Å². The third-order valence-electron chi connectivity index (χ3n) is 3.70. The van der Waals surface area contributed by atoms with Crippen molar-refractivity contribution in [3.8, 4) is 0 Å². The first kappa shape index (κ1) is 10.7. The normalized spacial score (nSPS) is 26.9. The quantitative estimate of drug-likeness (QED) is 0.738. The number of nitrogens with one attached hydrogen (secondary N) is 1. The Hall–Kier alpha value is -0.820. The molecule has 15 heavy (non-hydrogen) atoms. The van der Waals surface area contributed by atoms with Crippen LogP contribution in [0.2, 0.25) is 0 Å². The summed E-state index contributed by atoms with van der Waals surface area (Å²) in [5, 5.41) is 3.73. The van der Waals surface area contributed by atoms with Crippen LogP contribution in [0.4, 0.5) is 0 Å². The van der Waals surface area contributed by atoms with E-state index < -0.39 is 0 Å². The predicted octanol–water partition coefficient (Wildman–Crippen LogP) is 3.31. The van der Waals surface area contributed by atoms with Crippen molar-refractivity contribution in [2.24, 2.45) is 5.41 Å². The topological polar surface area (TPSA) is 12.0 Å². The lowest BCUT2D eigenvalue weighted by molar-refractivity contribution is 0.160. The molecule has 0 radical (unpaired) electrons. The second kappa shape index (κ2) is 3.64. The van der Waals surface area contributed by atoms with Gasteiger partial charge in [-0.2, -0.15) is 0 Å². The van der Waals surface area contributed by atoms with Gasteiger partial charge in [0, 0.05) is 5.54 Å². The average molecular weight is 203 g/mol. The third kappa shape index (κ3) is 1.69. The van der Waals surface area contributed by atoms with Crippen molar-refractivity contribution in [2.45, 2.75) is 39.2 Å². The zero-order valence-electron chi connectivity index (χ0n) is 10.0. The lowest BCUT2D eigenvalue weighted by atomic mass is 9.68. The van der Waals surface area contributed by atoms with E-state index in [1.165, 1.54) is 18.4 Å². The summed E-state index contributed by atoms with van der Waals surface area (Å²) >= 11 is 0. The van der Waals surface area contributed by atoms with E-state index in [1.807, 2.05) is 0 Å². The van der Waals surface area contributed by atoms with E-state index in [-0.39, 0.29) is 11.0 Å². The lowest BCUT2D eigenvalue weighted by Crippen LogP contribution is -2.47. The van der Waals surface area contributed by atoms with E-state index >= 15 is 0 Å². The van der Waals surface area contributed by atoms with Crippen molar-refractivity contribution in [2.75, 3.05) is 6.54 Å². The molecule has 1 unspecified atom stereocenters. The Morgan fingerprint density at radius 2 is 1.80 bits per heavy atom. The molecule has 1 saturated heterocycles. The molecular weight excluding hydrogens is 182 g/mol. The summed E-state index contributed by atoms with van der Waals surface area (Å²) < 4.78 is 0. The molecule has 2 rings (SSSR count). The van der Waals surface area contributed by atoms with Crippen LogP contribution in [-0.2, 0) is 5.54 Å². The van der Waals surface area contributed by atoms with Crippen molar-refractivity contribution in [1.29, 1.82) is 0 Å². The maximum absolute atomic E-state index is 3.73. The SMILES string of the molecule is CC(C)(C)C1(c2ccccc2)CCCN1. The fraction of sp³-hybridized carbons (Fsp3) is 0.571.